The van der Waals surface area contributed by atoms with Crippen molar-refractivity contribution in [3.05, 3.63) is 22.7 Å². The third kappa shape index (κ3) is 3.27. The molecule has 1 aromatic carbocycles. The van der Waals surface area contributed by atoms with E-state index in [9.17, 15) is 0 Å². The summed E-state index contributed by atoms with van der Waals surface area (Å²) in [6.45, 7) is 4.97. The first-order chi connectivity index (χ1) is 6.09. The van der Waals surface area contributed by atoms with E-state index >= 15 is 0 Å². The minimum absolute atomic E-state index is 0.538. The zero-order chi connectivity index (χ0) is 9.84. The molecule has 0 aromatic heterocycles. The van der Waals surface area contributed by atoms with Crippen LogP contribution >= 0.6 is 15.9 Å². The number of ether oxygens (including phenoxy) is 1. The van der Waals surface area contributed by atoms with Gasteiger partial charge in [-0.05, 0) is 40.0 Å². The highest BCUT2D eigenvalue weighted by atomic mass is 79.9. The maximum Gasteiger partial charge on any atom is 0.120 e. The van der Waals surface area contributed by atoms with Crippen molar-refractivity contribution in [1.82, 2.24) is 0 Å². The second-order valence-electron chi connectivity index (χ2n) is 3.39. The topological polar surface area (TPSA) is 35.2 Å². The van der Waals surface area contributed by atoms with Gasteiger partial charge < -0.3 is 10.5 Å². The number of anilines is 1. The van der Waals surface area contributed by atoms with E-state index in [0.29, 0.717) is 5.92 Å². The molecule has 0 aliphatic rings. The fourth-order valence-electron chi connectivity index (χ4n) is 0.861. The minimum atomic E-state index is 0.538. The van der Waals surface area contributed by atoms with Gasteiger partial charge in [-0.3, -0.25) is 0 Å². The Bertz CT molecular complexity index is 286. The summed E-state index contributed by atoms with van der Waals surface area (Å²) >= 11 is 3.35. The van der Waals surface area contributed by atoms with E-state index in [2.05, 4.69) is 29.8 Å². The Hall–Kier alpha value is -0.700. The summed E-state index contributed by atoms with van der Waals surface area (Å²) in [7, 11) is 0. The van der Waals surface area contributed by atoms with Crippen molar-refractivity contribution in [2.24, 2.45) is 5.92 Å². The van der Waals surface area contributed by atoms with Gasteiger partial charge in [-0.15, -0.1) is 0 Å². The number of hydrogen-bond acceptors (Lipinski definition) is 2. The molecule has 0 bridgehead atoms. The van der Waals surface area contributed by atoms with Gasteiger partial charge in [0.15, 0.2) is 0 Å². The lowest BCUT2D eigenvalue weighted by Crippen LogP contribution is -2.04. The normalized spacial score (nSPS) is 10.5. The number of nitrogen functional groups attached to an aromatic ring is 1. The Labute approximate surface area is 87.2 Å². The molecule has 0 heterocycles. The zero-order valence-electron chi connectivity index (χ0n) is 7.88. The van der Waals surface area contributed by atoms with E-state index in [0.717, 1.165) is 22.5 Å². The minimum Gasteiger partial charge on any atom is -0.493 e. The van der Waals surface area contributed by atoms with Gasteiger partial charge in [0.1, 0.15) is 5.75 Å². The maximum absolute atomic E-state index is 5.64. The van der Waals surface area contributed by atoms with Gasteiger partial charge in [-0.1, -0.05) is 13.8 Å². The van der Waals surface area contributed by atoms with Crippen LogP contribution in [0.5, 0.6) is 5.75 Å². The lowest BCUT2D eigenvalue weighted by Gasteiger charge is -2.09. The predicted octanol–water partition coefficient (Wildman–Crippen LogP) is 3.07. The van der Waals surface area contributed by atoms with Gasteiger partial charge >= 0.3 is 0 Å². The van der Waals surface area contributed by atoms with Crippen LogP contribution in [0.4, 0.5) is 5.69 Å². The molecule has 1 rings (SSSR count). The van der Waals surface area contributed by atoms with Crippen LogP contribution in [-0.4, -0.2) is 6.61 Å². The van der Waals surface area contributed by atoms with Crippen molar-refractivity contribution in [3.8, 4) is 5.75 Å². The maximum atomic E-state index is 5.64. The highest BCUT2D eigenvalue weighted by molar-refractivity contribution is 9.10. The molecule has 2 nitrogen and oxygen atoms in total. The van der Waals surface area contributed by atoms with Crippen molar-refractivity contribution >= 4 is 21.6 Å². The van der Waals surface area contributed by atoms with Crippen molar-refractivity contribution < 1.29 is 4.74 Å². The van der Waals surface area contributed by atoms with E-state index in [4.69, 9.17) is 10.5 Å². The summed E-state index contributed by atoms with van der Waals surface area (Å²) < 4.78 is 6.40. The first-order valence-corrected chi connectivity index (χ1v) is 5.06. The Balaban J connectivity index is 2.63. The molecule has 0 amide bonds. The molecule has 0 aliphatic carbocycles. The average Bonchev–Trinajstić information content (AvgIpc) is 2.07. The molecule has 1 aromatic rings. The molecule has 13 heavy (non-hydrogen) atoms. The Morgan fingerprint density at radius 1 is 1.46 bits per heavy atom. The first-order valence-electron chi connectivity index (χ1n) is 4.27. The third-order valence-electron chi connectivity index (χ3n) is 1.56. The van der Waals surface area contributed by atoms with Crippen LogP contribution in [-0.2, 0) is 0 Å². The van der Waals surface area contributed by atoms with Crippen LogP contribution in [0.15, 0.2) is 22.7 Å². The number of rotatable bonds is 3. The summed E-state index contributed by atoms with van der Waals surface area (Å²) in [6.07, 6.45) is 0. The highest BCUT2D eigenvalue weighted by Crippen LogP contribution is 2.24. The molecular formula is C10H14BrNO. The van der Waals surface area contributed by atoms with E-state index < -0.39 is 0 Å². The van der Waals surface area contributed by atoms with Gasteiger partial charge in [-0.2, -0.15) is 0 Å². The van der Waals surface area contributed by atoms with Crippen molar-refractivity contribution in [2.45, 2.75) is 13.8 Å². The fraction of sp³-hybridized carbons (Fsp3) is 0.400. The number of hydrogen-bond donors (Lipinski definition) is 1. The van der Waals surface area contributed by atoms with Crippen LogP contribution < -0.4 is 10.5 Å². The van der Waals surface area contributed by atoms with E-state index in [1.54, 1.807) is 0 Å². The quantitative estimate of drug-likeness (QED) is 0.829. The molecule has 2 N–H and O–H groups in total. The SMILES string of the molecule is CC(C)COc1ccc(N)c(Br)c1. The molecule has 0 fully saturated rings. The zero-order valence-corrected chi connectivity index (χ0v) is 9.47. The molecular weight excluding hydrogens is 230 g/mol. The molecule has 0 saturated heterocycles. The lowest BCUT2D eigenvalue weighted by molar-refractivity contribution is 0.271. The van der Waals surface area contributed by atoms with E-state index in [1.807, 2.05) is 18.2 Å². The summed E-state index contributed by atoms with van der Waals surface area (Å²) in [5, 5.41) is 0. The smallest absolute Gasteiger partial charge is 0.120 e. The molecule has 0 spiro atoms. The van der Waals surface area contributed by atoms with Gasteiger partial charge in [0.25, 0.3) is 0 Å². The van der Waals surface area contributed by atoms with Crippen LogP contribution in [0.25, 0.3) is 0 Å². The van der Waals surface area contributed by atoms with Crippen LogP contribution in [0, 0.1) is 5.92 Å². The fourth-order valence-corrected chi connectivity index (χ4v) is 1.22. The summed E-state index contributed by atoms with van der Waals surface area (Å²) in [6, 6.07) is 5.60. The summed E-state index contributed by atoms with van der Waals surface area (Å²) in [5.74, 6) is 1.39. The third-order valence-corrected chi connectivity index (χ3v) is 2.24. The molecule has 72 valence electrons. The van der Waals surface area contributed by atoms with Gasteiger partial charge in [-0.25, -0.2) is 0 Å². The van der Waals surface area contributed by atoms with Crippen LogP contribution in [0.2, 0.25) is 0 Å². The van der Waals surface area contributed by atoms with Crippen molar-refractivity contribution in [2.75, 3.05) is 12.3 Å². The van der Waals surface area contributed by atoms with Crippen molar-refractivity contribution in [1.29, 1.82) is 0 Å². The van der Waals surface area contributed by atoms with Gasteiger partial charge in [0.2, 0.25) is 0 Å². The summed E-state index contributed by atoms with van der Waals surface area (Å²) in [5.41, 5.74) is 6.38. The van der Waals surface area contributed by atoms with E-state index in [1.165, 1.54) is 0 Å². The Kier molecular flexibility index (Phi) is 3.60. The molecule has 0 aliphatic heterocycles. The average molecular weight is 244 g/mol. The van der Waals surface area contributed by atoms with Crippen molar-refractivity contribution in [3.63, 3.8) is 0 Å². The highest BCUT2D eigenvalue weighted by Gasteiger charge is 1.99. The second-order valence-corrected chi connectivity index (χ2v) is 4.24. The number of halogens is 1. The molecule has 0 unspecified atom stereocenters. The van der Waals surface area contributed by atoms with Crippen LogP contribution in [0.3, 0.4) is 0 Å². The van der Waals surface area contributed by atoms with Crippen LogP contribution in [0.1, 0.15) is 13.8 Å². The number of nitrogens with two attached hydrogens (primary N) is 1. The standard InChI is InChI=1S/C10H14BrNO/c1-7(2)6-13-8-3-4-10(12)9(11)5-8/h3-5,7H,6,12H2,1-2H3. The second kappa shape index (κ2) is 4.51. The molecule has 0 atom stereocenters. The molecule has 0 radical (unpaired) electrons. The Morgan fingerprint density at radius 3 is 2.69 bits per heavy atom. The predicted molar refractivity (Wildman–Crippen MR) is 58.9 cm³/mol. The summed E-state index contributed by atoms with van der Waals surface area (Å²) in [4.78, 5) is 0. The van der Waals surface area contributed by atoms with E-state index in [-0.39, 0.29) is 0 Å². The largest absolute Gasteiger partial charge is 0.493 e. The molecule has 3 heteroatoms. The Morgan fingerprint density at radius 2 is 2.15 bits per heavy atom. The van der Waals surface area contributed by atoms with Gasteiger partial charge in [0.05, 0.1) is 6.61 Å². The molecule has 0 saturated carbocycles. The number of benzene rings is 1. The lowest BCUT2D eigenvalue weighted by atomic mass is 10.2. The van der Waals surface area contributed by atoms with Gasteiger partial charge in [0, 0.05) is 10.2 Å². The first kappa shape index (κ1) is 10.4. The monoisotopic (exact) mass is 243 g/mol.